The lowest BCUT2D eigenvalue weighted by Crippen LogP contribution is -2.42. The summed E-state index contributed by atoms with van der Waals surface area (Å²) >= 11 is 0. The van der Waals surface area contributed by atoms with Gasteiger partial charge in [0.2, 0.25) is 0 Å². The minimum absolute atomic E-state index is 0.469. The van der Waals surface area contributed by atoms with Crippen LogP contribution in [0.25, 0.3) is 0 Å². The molecular weight excluding hydrogens is 258 g/mol. The van der Waals surface area contributed by atoms with Crippen LogP contribution in [-0.4, -0.2) is 25.3 Å². The molecule has 1 heterocycles. The summed E-state index contributed by atoms with van der Waals surface area (Å²) < 4.78 is 5.95. The van der Waals surface area contributed by atoms with Crippen molar-refractivity contribution in [1.82, 2.24) is 5.32 Å². The Hall–Kier alpha value is -0.860. The van der Waals surface area contributed by atoms with Crippen molar-refractivity contribution < 1.29 is 4.74 Å². The van der Waals surface area contributed by atoms with Gasteiger partial charge in [-0.15, -0.1) is 0 Å². The Morgan fingerprint density at radius 1 is 1.19 bits per heavy atom. The molecule has 116 valence electrons. The van der Waals surface area contributed by atoms with Gasteiger partial charge in [-0.05, 0) is 49.6 Å². The van der Waals surface area contributed by atoms with E-state index in [-0.39, 0.29) is 0 Å². The van der Waals surface area contributed by atoms with Crippen molar-refractivity contribution in [2.45, 2.75) is 57.6 Å². The predicted molar refractivity (Wildman–Crippen MR) is 87.5 cm³/mol. The molecule has 2 fully saturated rings. The highest BCUT2D eigenvalue weighted by molar-refractivity contribution is 5.27. The van der Waals surface area contributed by atoms with E-state index < -0.39 is 0 Å². The van der Waals surface area contributed by atoms with Crippen molar-refractivity contribution in [3.63, 3.8) is 0 Å². The SMILES string of the molecule is CCCNC(C1CCOC1CC)C1CC1c1ccccc1. The predicted octanol–water partition coefficient (Wildman–Crippen LogP) is 3.97. The fourth-order valence-corrected chi connectivity index (χ4v) is 4.12. The number of nitrogens with one attached hydrogen (secondary N) is 1. The molecule has 0 spiro atoms. The molecule has 1 aromatic carbocycles. The molecule has 5 atom stereocenters. The number of hydrogen-bond acceptors (Lipinski definition) is 2. The summed E-state index contributed by atoms with van der Waals surface area (Å²) in [6.07, 6.45) is 5.41. The van der Waals surface area contributed by atoms with Crippen molar-refractivity contribution in [1.29, 1.82) is 0 Å². The topological polar surface area (TPSA) is 21.3 Å². The Morgan fingerprint density at radius 2 is 2.00 bits per heavy atom. The average Bonchev–Trinajstić information content (AvgIpc) is 3.18. The van der Waals surface area contributed by atoms with Gasteiger partial charge in [0.15, 0.2) is 0 Å². The van der Waals surface area contributed by atoms with E-state index in [0.717, 1.165) is 31.4 Å². The maximum Gasteiger partial charge on any atom is 0.0616 e. The number of benzene rings is 1. The second kappa shape index (κ2) is 6.93. The summed E-state index contributed by atoms with van der Waals surface area (Å²) in [5, 5.41) is 3.86. The zero-order valence-corrected chi connectivity index (χ0v) is 13.4. The van der Waals surface area contributed by atoms with Crippen LogP contribution in [0.15, 0.2) is 30.3 Å². The lowest BCUT2D eigenvalue weighted by atomic mass is 9.87. The Kier molecular flexibility index (Phi) is 4.97. The Labute approximate surface area is 129 Å². The summed E-state index contributed by atoms with van der Waals surface area (Å²) in [6, 6.07) is 11.7. The Morgan fingerprint density at radius 3 is 2.71 bits per heavy atom. The van der Waals surface area contributed by atoms with Crippen LogP contribution in [0.3, 0.4) is 0 Å². The number of ether oxygens (including phenoxy) is 1. The van der Waals surface area contributed by atoms with E-state index in [1.165, 1.54) is 24.8 Å². The highest BCUT2D eigenvalue weighted by Crippen LogP contribution is 2.52. The minimum Gasteiger partial charge on any atom is -0.378 e. The van der Waals surface area contributed by atoms with Gasteiger partial charge in [-0.2, -0.15) is 0 Å². The second-order valence-electron chi connectivity index (χ2n) is 6.67. The first-order valence-corrected chi connectivity index (χ1v) is 8.75. The monoisotopic (exact) mass is 287 g/mol. The molecule has 1 aliphatic heterocycles. The molecule has 21 heavy (non-hydrogen) atoms. The van der Waals surface area contributed by atoms with E-state index in [1.807, 2.05) is 0 Å². The summed E-state index contributed by atoms with van der Waals surface area (Å²) in [7, 11) is 0. The third kappa shape index (κ3) is 3.32. The first-order chi connectivity index (χ1) is 10.3. The zero-order valence-electron chi connectivity index (χ0n) is 13.4. The summed E-state index contributed by atoms with van der Waals surface area (Å²) in [5.74, 6) is 2.28. The van der Waals surface area contributed by atoms with E-state index in [1.54, 1.807) is 0 Å². The van der Waals surface area contributed by atoms with Gasteiger partial charge < -0.3 is 10.1 Å². The van der Waals surface area contributed by atoms with E-state index in [2.05, 4.69) is 49.5 Å². The van der Waals surface area contributed by atoms with Crippen LogP contribution in [0.4, 0.5) is 0 Å². The van der Waals surface area contributed by atoms with Crippen LogP contribution in [-0.2, 0) is 4.74 Å². The number of hydrogen-bond donors (Lipinski definition) is 1. The molecule has 1 aromatic rings. The van der Waals surface area contributed by atoms with Gasteiger partial charge in [0, 0.05) is 18.6 Å². The van der Waals surface area contributed by atoms with Gasteiger partial charge >= 0.3 is 0 Å². The molecule has 5 unspecified atom stereocenters. The van der Waals surface area contributed by atoms with Crippen LogP contribution in [0.1, 0.15) is 51.0 Å². The number of rotatable bonds is 7. The normalized spacial score (nSPS) is 33.0. The van der Waals surface area contributed by atoms with Crippen LogP contribution >= 0.6 is 0 Å². The average molecular weight is 287 g/mol. The fraction of sp³-hybridized carbons (Fsp3) is 0.684. The first-order valence-electron chi connectivity index (χ1n) is 8.75. The molecule has 0 radical (unpaired) electrons. The maximum absolute atomic E-state index is 5.95. The smallest absolute Gasteiger partial charge is 0.0616 e. The van der Waals surface area contributed by atoms with Crippen molar-refractivity contribution >= 4 is 0 Å². The first kappa shape index (κ1) is 15.1. The largest absolute Gasteiger partial charge is 0.378 e. The standard InChI is InChI=1S/C19H29NO/c1-3-11-20-19(15-10-12-21-18(15)4-2)17-13-16(17)14-8-6-5-7-9-14/h5-9,15-20H,3-4,10-13H2,1-2H3. The molecule has 2 nitrogen and oxygen atoms in total. The highest BCUT2D eigenvalue weighted by atomic mass is 16.5. The van der Waals surface area contributed by atoms with E-state index in [0.29, 0.717) is 18.1 Å². The highest BCUT2D eigenvalue weighted by Gasteiger charge is 2.48. The van der Waals surface area contributed by atoms with Crippen molar-refractivity contribution in [3.05, 3.63) is 35.9 Å². The fourth-order valence-electron chi connectivity index (χ4n) is 4.12. The van der Waals surface area contributed by atoms with Gasteiger partial charge in [0.05, 0.1) is 6.10 Å². The molecule has 0 amide bonds. The summed E-state index contributed by atoms with van der Waals surface area (Å²) in [4.78, 5) is 0. The summed E-state index contributed by atoms with van der Waals surface area (Å²) in [5.41, 5.74) is 1.53. The van der Waals surface area contributed by atoms with E-state index in [9.17, 15) is 0 Å². The van der Waals surface area contributed by atoms with Crippen LogP contribution in [0.2, 0.25) is 0 Å². The Bertz CT molecular complexity index is 432. The van der Waals surface area contributed by atoms with Crippen molar-refractivity contribution in [3.8, 4) is 0 Å². The van der Waals surface area contributed by atoms with E-state index in [4.69, 9.17) is 4.74 Å². The molecule has 2 aliphatic rings. The summed E-state index contributed by atoms with van der Waals surface area (Å²) in [6.45, 7) is 6.61. The van der Waals surface area contributed by atoms with Crippen molar-refractivity contribution in [2.24, 2.45) is 11.8 Å². The molecule has 3 rings (SSSR count). The Balaban J connectivity index is 1.69. The molecule has 1 N–H and O–H groups in total. The van der Waals surface area contributed by atoms with Crippen LogP contribution in [0, 0.1) is 11.8 Å². The van der Waals surface area contributed by atoms with Crippen LogP contribution < -0.4 is 5.32 Å². The second-order valence-corrected chi connectivity index (χ2v) is 6.67. The molecule has 0 aromatic heterocycles. The molecule has 1 aliphatic carbocycles. The third-order valence-electron chi connectivity index (χ3n) is 5.28. The maximum atomic E-state index is 5.95. The molecular formula is C19H29NO. The molecule has 1 saturated heterocycles. The zero-order chi connectivity index (χ0) is 14.7. The van der Waals surface area contributed by atoms with Gasteiger partial charge in [-0.25, -0.2) is 0 Å². The van der Waals surface area contributed by atoms with E-state index >= 15 is 0 Å². The molecule has 1 saturated carbocycles. The lowest BCUT2D eigenvalue weighted by molar-refractivity contribution is 0.0746. The van der Waals surface area contributed by atoms with Crippen molar-refractivity contribution in [2.75, 3.05) is 13.2 Å². The third-order valence-corrected chi connectivity index (χ3v) is 5.28. The molecule has 0 bridgehead atoms. The van der Waals surface area contributed by atoms with Gasteiger partial charge in [0.25, 0.3) is 0 Å². The van der Waals surface area contributed by atoms with Crippen LogP contribution in [0.5, 0.6) is 0 Å². The van der Waals surface area contributed by atoms with Gasteiger partial charge in [-0.1, -0.05) is 44.2 Å². The van der Waals surface area contributed by atoms with Gasteiger partial charge in [-0.3, -0.25) is 0 Å². The molecule has 2 heteroatoms. The quantitative estimate of drug-likeness (QED) is 0.819. The van der Waals surface area contributed by atoms with Gasteiger partial charge in [0.1, 0.15) is 0 Å². The minimum atomic E-state index is 0.469. The lowest BCUT2D eigenvalue weighted by Gasteiger charge is -2.29.